The van der Waals surface area contributed by atoms with Crippen LogP contribution in [-0.4, -0.2) is 67.3 Å². The molecule has 0 N–H and O–H groups in total. The van der Waals surface area contributed by atoms with Crippen LogP contribution in [0.2, 0.25) is 0 Å². The average molecular weight is 504 g/mol. The Hall–Kier alpha value is -1.13. The van der Waals surface area contributed by atoms with E-state index in [9.17, 15) is 17.3 Å². The van der Waals surface area contributed by atoms with Gasteiger partial charge in [-0.2, -0.15) is 5.26 Å². The minimum atomic E-state index is -6.00. The molecule has 156 valence electrons. The molecule has 0 aliphatic carbocycles. The molecule has 0 bridgehead atoms. The van der Waals surface area contributed by atoms with E-state index in [1.165, 1.54) is 6.92 Å². The zero-order chi connectivity index (χ0) is 21.3. The molecule has 0 aromatic heterocycles. The van der Waals surface area contributed by atoms with E-state index in [1.807, 2.05) is 58.5 Å². The van der Waals surface area contributed by atoms with E-state index in [4.69, 9.17) is 10.00 Å². The van der Waals surface area contributed by atoms with E-state index < -0.39 is 7.25 Å². The number of hydrogen-bond donors (Lipinski definition) is 0. The van der Waals surface area contributed by atoms with Crippen molar-refractivity contribution in [3.8, 4) is 6.07 Å². The molecule has 6 nitrogen and oxygen atoms in total. The average Bonchev–Trinajstić information content (AvgIpc) is 3.17. The number of halogens is 5. The molecule has 0 atom stereocenters. The van der Waals surface area contributed by atoms with Gasteiger partial charge < -0.3 is 41.6 Å². The summed E-state index contributed by atoms with van der Waals surface area (Å²) >= 11 is 2.22. The van der Waals surface area contributed by atoms with Gasteiger partial charge in [-0.15, -0.1) is 0 Å². The van der Waals surface area contributed by atoms with Gasteiger partial charge in [-0.3, -0.25) is 0 Å². The van der Waals surface area contributed by atoms with Crippen LogP contribution in [0.3, 0.4) is 0 Å². The summed E-state index contributed by atoms with van der Waals surface area (Å²) in [5.41, 5.74) is 0. The van der Waals surface area contributed by atoms with Gasteiger partial charge in [0.15, 0.2) is 0 Å². The van der Waals surface area contributed by atoms with E-state index in [1.54, 1.807) is 6.07 Å². The first kappa shape index (κ1) is 28.1. The number of hydrogen-bond acceptors (Lipinski definition) is 6. The van der Waals surface area contributed by atoms with Crippen LogP contribution in [0.4, 0.5) is 17.3 Å². The molecule has 2 heterocycles. The van der Waals surface area contributed by atoms with Crippen LogP contribution in [0, 0.1) is 24.7 Å². The molecule has 0 amide bonds. The molecule has 27 heavy (non-hydrogen) atoms. The third kappa shape index (κ3) is 21.0. The summed E-state index contributed by atoms with van der Waals surface area (Å²) in [5, 5.41) is 7.32. The predicted molar refractivity (Wildman–Crippen MR) is 91.8 cm³/mol. The molecule has 0 aromatic carbocycles. The third-order valence-corrected chi connectivity index (χ3v) is 2.47. The Morgan fingerprint density at radius 2 is 1.26 bits per heavy atom. The molecule has 0 fully saturated rings. The van der Waals surface area contributed by atoms with Crippen molar-refractivity contribution in [2.24, 2.45) is 0 Å². The number of rotatable bonds is 6. The molecule has 2 rings (SSSR count). The molecule has 4 radical (unpaired) electrons. The fourth-order valence-corrected chi connectivity index (χ4v) is 1.58. The molecule has 13 heteroatoms. The van der Waals surface area contributed by atoms with Crippen molar-refractivity contribution in [2.75, 3.05) is 40.4 Å². The van der Waals surface area contributed by atoms with Gasteiger partial charge in [0, 0.05) is 58.9 Å². The Bertz CT molecular complexity index is 434. The van der Waals surface area contributed by atoms with Gasteiger partial charge in [0.25, 0.3) is 0 Å². The van der Waals surface area contributed by atoms with Crippen molar-refractivity contribution < 1.29 is 40.2 Å². The normalized spacial score (nSPS) is 14.7. The van der Waals surface area contributed by atoms with Crippen LogP contribution in [0.1, 0.15) is 6.92 Å². The number of nitrogens with zero attached hydrogens (tertiary/aromatic N) is 5. The van der Waals surface area contributed by atoms with Gasteiger partial charge in [0.2, 0.25) is 13.3 Å². The Morgan fingerprint density at radius 3 is 1.48 bits per heavy atom. The van der Waals surface area contributed by atoms with Gasteiger partial charge in [-0.05, 0) is 0 Å². The molecule has 0 spiro atoms. The summed E-state index contributed by atoms with van der Waals surface area (Å²) in [6.45, 7) is 10.8. The summed E-state index contributed by atoms with van der Waals surface area (Å²) in [6.07, 6.45) is 7.91. The summed E-state index contributed by atoms with van der Waals surface area (Å²) in [6, 6.07) is 1.75. The molecule has 0 saturated heterocycles. The monoisotopic (exact) mass is 503 g/mol. The van der Waals surface area contributed by atoms with E-state index in [0.717, 1.165) is 13.1 Å². The predicted octanol–water partition coefficient (Wildman–Crippen LogP) is 2.95. The fraction of sp³-hybridized carbons (Fsp3) is 0.500. The molecule has 0 saturated carbocycles. The summed E-state index contributed by atoms with van der Waals surface area (Å²) in [5.74, 6) is 0. The van der Waals surface area contributed by atoms with Gasteiger partial charge in [-0.1, -0.05) is 0 Å². The van der Waals surface area contributed by atoms with E-state index in [-0.39, 0.29) is 0 Å². The van der Waals surface area contributed by atoms with Crippen LogP contribution >= 0.6 is 9.53 Å². The van der Waals surface area contributed by atoms with Gasteiger partial charge in [-0.25, -0.2) is 0 Å². The SMILES string of the molecule is CC#N.CN1[C]N(CCOCCN2[C]N(C)C=C2)C=C1.F[B-](F)(F)F.[Cl][Pd+]. The second-order valence-electron chi connectivity index (χ2n) is 4.74. The first-order valence-electron chi connectivity index (χ1n) is 7.41. The Kier molecular flexibility index (Phi) is 17.7. The van der Waals surface area contributed by atoms with Gasteiger partial charge in [0.1, 0.15) is 0 Å². The maximum atomic E-state index is 9.75. The number of ether oxygens (including phenoxy) is 1. The Balaban J connectivity index is 0. The van der Waals surface area contributed by atoms with E-state index in [2.05, 4.69) is 41.0 Å². The fourth-order valence-electron chi connectivity index (χ4n) is 1.58. The van der Waals surface area contributed by atoms with Gasteiger partial charge in [0.05, 0.1) is 19.3 Å². The van der Waals surface area contributed by atoms with E-state index in [0.29, 0.717) is 13.2 Å². The standard InChI is InChI=1S/C12H18N4O.C2H3N.BF4.ClH.Pd/c1-13-3-5-15(11-13)7-9-17-10-8-16-6-4-14(2)12-16;1-2-3;2-1(3,4)5;;/h3-6H,7-10H2,1-2H3;1H3;;1H;/q;;-1;;+2/p-1. The van der Waals surface area contributed by atoms with Crippen LogP contribution in [0.25, 0.3) is 0 Å². The minimum absolute atomic E-state index is 0.707. The molecule has 0 unspecified atom stereocenters. The summed E-state index contributed by atoms with van der Waals surface area (Å²) in [7, 11) is 2.40. The Morgan fingerprint density at radius 1 is 0.963 bits per heavy atom. The van der Waals surface area contributed by atoms with Crippen molar-refractivity contribution >= 4 is 16.8 Å². The van der Waals surface area contributed by atoms with E-state index >= 15 is 0 Å². The molecular weight excluding hydrogens is 483 g/mol. The maximum absolute atomic E-state index is 9.75. The second-order valence-corrected chi connectivity index (χ2v) is 4.74. The second kappa shape index (κ2) is 17.0. The van der Waals surface area contributed by atoms with Crippen molar-refractivity contribution in [3.05, 3.63) is 38.1 Å². The topological polar surface area (TPSA) is 46.0 Å². The first-order valence-corrected chi connectivity index (χ1v) is 9.42. The molecule has 0 aromatic rings. The van der Waals surface area contributed by atoms with Crippen LogP contribution in [-0.2, 0) is 22.9 Å². The first-order chi connectivity index (χ1) is 12.7. The van der Waals surface area contributed by atoms with Crippen molar-refractivity contribution in [1.29, 1.82) is 5.26 Å². The van der Waals surface area contributed by atoms with Crippen LogP contribution in [0.15, 0.2) is 24.8 Å². The quantitative estimate of drug-likeness (QED) is 0.315. The summed E-state index contributed by atoms with van der Waals surface area (Å²) in [4.78, 5) is 7.77. The van der Waals surface area contributed by atoms with Crippen LogP contribution in [0.5, 0.6) is 0 Å². The zero-order valence-electron chi connectivity index (χ0n) is 15.1. The van der Waals surface area contributed by atoms with Crippen molar-refractivity contribution in [3.63, 3.8) is 0 Å². The van der Waals surface area contributed by atoms with Crippen molar-refractivity contribution in [2.45, 2.75) is 6.92 Å². The zero-order valence-corrected chi connectivity index (χ0v) is 17.4. The van der Waals surface area contributed by atoms with Crippen LogP contribution < -0.4 is 0 Å². The third-order valence-electron chi connectivity index (χ3n) is 2.47. The Labute approximate surface area is 173 Å². The van der Waals surface area contributed by atoms with Crippen molar-refractivity contribution in [1.82, 2.24) is 19.6 Å². The molecule has 2 aliphatic heterocycles. The molecule has 2 aliphatic rings. The summed E-state index contributed by atoms with van der Waals surface area (Å²) < 4.78 is 44.6. The number of nitriles is 1. The van der Waals surface area contributed by atoms with Gasteiger partial charge >= 0.3 is 35.0 Å². The molecular formula is C14H21BClF4N5OPd.